The molecule has 6 fully saturated rings. The van der Waals surface area contributed by atoms with E-state index in [0.717, 1.165) is 13.8 Å². The number of hydrogen-bond acceptors (Lipinski definition) is 31. The van der Waals surface area contributed by atoms with Crippen LogP contribution in [0.2, 0.25) is 0 Å². The molecule has 0 radical (unpaired) electrons. The molecule has 6 saturated heterocycles. The van der Waals surface area contributed by atoms with Gasteiger partial charge in [0.2, 0.25) is 11.8 Å². The third-order valence-electron chi connectivity index (χ3n) is 14.1. The molecule has 34 nitrogen and oxygen atoms in total. The number of aliphatic carboxylic acids is 1. The standard InChI is InChI=1S/C43H72N2O32/c1-10-21(53)27(59)30(62)39(68-10)75-34-20(45-13(4)50)38(72-17(8-48)32(34)73-41-36(29(61)25(57)16(7-47)71-41)76-40-31(63)28(60)22(54)11(2)69-40)74-33-19(44-12(3)49)37(64)70-18(26(33)58)9-67-43(42(65)66)5-14(51)23(55)35(77-43)24(56)15(52)6-46/h10-11,14-41,46-48,51-64H,5-9H2,1-4H3,(H,44,49)(H,45,50)(H,65,66)/t10-,11-,14-,15+,16+,17+,18+,19+,20+,21+,22+,23+,24+,25-,26-,27+,28+,29-,30-,31-,32+,33+,34+,35+,36+,37-,38-,39-,40-,41-,43+/m0/s1. The molecule has 0 aromatic rings. The molecule has 2 amide bonds. The van der Waals surface area contributed by atoms with E-state index in [2.05, 4.69) is 10.6 Å². The van der Waals surface area contributed by atoms with Crippen LogP contribution in [0.4, 0.5) is 0 Å². The molecule has 6 aliphatic rings. The maximum absolute atomic E-state index is 13.2. The van der Waals surface area contributed by atoms with E-state index in [9.17, 15) is 106 Å². The summed E-state index contributed by atoms with van der Waals surface area (Å²) in [6.45, 7) is 0.0976. The van der Waals surface area contributed by atoms with Crippen LogP contribution >= 0.6 is 0 Å². The Morgan fingerprint density at radius 3 is 1.57 bits per heavy atom. The molecule has 0 spiro atoms. The van der Waals surface area contributed by atoms with E-state index >= 15 is 0 Å². The average Bonchev–Trinajstić information content (AvgIpc) is 3.40. The molecule has 0 aliphatic carbocycles. The predicted octanol–water partition coefficient (Wildman–Crippen LogP) is -12.6. The minimum absolute atomic E-state index is 0.885. The Labute approximate surface area is 436 Å². The van der Waals surface area contributed by atoms with E-state index in [1.54, 1.807) is 0 Å². The number of ether oxygens (including phenoxy) is 11. The van der Waals surface area contributed by atoms with Gasteiger partial charge in [0, 0.05) is 20.3 Å². The molecule has 0 unspecified atom stereocenters. The van der Waals surface area contributed by atoms with Crippen LogP contribution in [0.5, 0.6) is 0 Å². The van der Waals surface area contributed by atoms with Gasteiger partial charge in [0.05, 0.1) is 44.7 Å². The van der Waals surface area contributed by atoms with Crippen LogP contribution in [0.25, 0.3) is 0 Å². The highest BCUT2D eigenvalue weighted by Crippen LogP contribution is 2.39. The van der Waals surface area contributed by atoms with Crippen molar-refractivity contribution in [2.24, 2.45) is 0 Å². The number of carboxylic acid groups (broad SMARTS) is 1. The zero-order valence-corrected chi connectivity index (χ0v) is 41.6. The lowest BCUT2D eigenvalue weighted by Crippen LogP contribution is -2.72. The first kappa shape index (κ1) is 63.5. The molecule has 34 heteroatoms. The van der Waals surface area contributed by atoms with Crippen molar-refractivity contribution in [3.05, 3.63) is 0 Å². The number of amides is 2. The van der Waals surface area contributed by atoms with Gasteiger partial charge in [-0.05, 0) is 13.8 Å². The van der Waals surface area contributed by atoms with Gasteiger partial charge in [0.15, 0.2) is 31.5 Å². The molecule has 0 bridgehead atoms. The van der Waals surface area contributed by atoms with Gasteiger partial charge in [0.1, 0.15) is 134 Å². The quantitative estimate of drug-likeness (QED) is 0.0571. The Bertz CT molecular complexity index is 1930. The van der Waals surface area contributed by atoms with Gasteiger partial charge >= 0.3 is 5.97 Å². The number of carbonyl (C=O) groups is 3. The Morgan fingerprint density at radius 2 is 1.05 bits per heavy atom. The van der Waals surface area contributed by atoms with Crippen molar-refractivity contribution in [3.63, 3.8) is 0 Å². The summed E-state index contributed by atoms with van der Waals surface area (Å²) in [4.78, 5) is 38.6. The molecule has 6 rings (SSSR count). The van der Waals surface area contributed by atoms with Gasteiger partial charge in [0.25, 0.3) is 5.79 Å². The summed E-state index contributed by atoms with van der Waals surface area (Å²) in [5.74, 6) is -6.84. The van der Waals surface area contributed by atoms with Crippen molar-refractivity contribution < 1.29 is 158 Å². The first-order chi connectivity index (χ1) is 36.1. The summed E-state index contributed by atoms with van der Waals surface area (Å²) in [5, 5.41) is 197. The largest absolute Gasteiger partial charge is 0.477 e. The maximum Gasteiger partial charge on any atom is 0.364 e. The number of carbonyl (C=O) groups excluding carboxylic acids is 2. The first-order valence-corrected chi connectivity index (χ1v) is 24.5. The molecular formula is C43H72N2O32. The number of rotatable bonds is 19. The lowest BCUT2D eigenvalue weighted by molar-refractivity contribution is -0.396. The summed E-state index contributed by atoms with van der Waals surface area (Å²) < 4.78 is 64.3. The van der Waals surface area contributed by atoms with Crippen molar-refractivity contribution >= 4 is 17.8 Å². The number of aliphatic hydroxyl groups is 17. The highest BCUT2D eigenvalue weighted by molar-refractivity contribution is 5.76. The second kappa shape index (κ2) is 26.5. The first-order valence-electron chi connectivity index (χ1n) is 24.5. The number of nitrogens with one attached hydrogen (secondary N) is 2. The van der Waals surface area contributed by atoms with E-state index in [4.69, 9.17) is 52.1 Å². The fourth-order valence-corrected chi connectivity index (χ4v) is 9.74. The molecule has 0 aromatic carbocycles. The summed E-state index contributed by atoms with van der Waals surface area (Å²) in [5.41, 5.74) is 0. The molecule has 20 N–H and O–H groups in total. The Kier molecular flexibility index (Phi) is 21.8. The molecule has 0 saturated carbocycles. The van der Waals surface area contributed by atoms with Crippen molar-refractivity contribution in [1.29, 1.82) is 0 Å². The zero-order chi connectivity index (χ0) is 57.3. The minimum atomic E-state index is -3.02. The van der Waals surface area contributed by atoms with Crippen LogP contribution in [-0.4, -0.2) is 326 Å². The fourth-order valence-electron chi connectivity index (χ4n) is 9.74. The lowest BCUT2D eigenvalue weighted by atomic mass is 9.90. The SMILES string of the molecule is CC(=O)N[C@@H]1[C@@H](O[C@@H]2O[C@H](CO)[C@@H](O[C@@H]3O[C@H](CO)[C@H](O)[C@H](O)[C@H]3O[C@@H]3O[C@@H](C)[C@@H](O)[C@@H](O)[C@@H]3O)[C@H](O[C@@H]3O[C@@H](C)[C@@H](O)[C@@H](O)[C@@H]3O)[C@H]2NC(C)=O)[C@@H](O)[C@@H](CO[C@]2(C(=O)O)C[C@H](O)[C@@H](O)[C@H]([C@H](O)[C@H](O)CO)O2)O[C@@H]1O. The van der Waals surface area contributed by atoms with Crippen LogP contribution in [0.3, 0.4) is 0 Å². The van der Waals surface area contributed by atoms with Crippen molar-refractivity contribution in [2.45, 2.75) is 224 Å². The van der Waals surface area contributed by atoms with Crippen molar-refractivity contribution in [3.8, 4) is 0 Å². The summed E-state index contributed by atoms with van der Waals surface area (Å²) in [6, 6.07) is -3.76. The van der Waals surface area contributed by atoms with E-state index < -0.39 is 240 Å². The molecule has 0 aromatic heterocycles. The van der Waals surface area contributed by atoms with Crippen LogP contribution in [0, 0.1) is 0 Å². The third kappa shape index (κ3) is 13.6. The lowest BCUT2D eigenvalue weighted by Gasteiger charge is -2.52. The topological polar surface area (TPSA) is 541 Å². The summed E-state index contributed by atoms with van der Waals surface area (Å²) in [7, 11) is 0. The molecule has 6 aliphatic heterocycles. The normalized spacial score (nSPS) is 48.6. The van der Waals surface area contributed by atoms with Crippen LogP contribution in [0.15, 0.2) is 0 Å². The van der Waals surface area contributed by atoms with Crippen LogP contribution in [0.1, 0.15) is 34.1 Å². The van der Waals surface area contributed by atoms with Gasteiger partial charge in [-0.3, -0.25) is 9.59 Å². The molecule has 446 valence electrons. The van der Waals surface area contributed by atoms with Gasteiger partial charge in [-0.25, -0.2) is 4.79 Å². The molecule has 77 heavy (non-hydrogen) atoms. The number of carboxylic acids is 1. The van der Waals surface area contributed by atoms with E-state index in [-0.39, 0.29) is 0 Å². The minimum Gasteiger partial charge on any atom is -0.477 e. The van der Waals surface area contributed by atoms with Crippen molar-refractivity contribution in [2.75, 3.05) is 26.4 Å². The molecule has 31 atom stereocenters. The third-order valence-corrected chi connectivity index (χ3v) is 14.1. The van der Waals surface area contributed by atoms with Crippen molar-refractivity contribution in [1.82, 2.24) is 10.6 Å². The summed E-state index contributed by atoms with van der Waals surface area (Å²) in [6.07, 6.45) is -55.7. The highest BCUT2D eigenvalue weighted by atomic mass is 16.8. The van der Waals surface area contributed by atoms with Gasteiger partial charge in [-0.2, -0.15) is 0 Å². The monoisotopic (exact) mass is 1130 g/mol. The smallest absolute Gasteiger partial charge is 0.364 e. The second-order valence-corrected chi connectivity index (χ2v) is 19.7. The zero-order valence-electron chi connectivity index (χ0n) is 41.6. The Morgan fingerprint density at radius 1 is 0.545 bits per heavy atom. The number of hydrogen-bond donors (Lipinski definition) is 20. The van der Waals surface area contributed by atoms with E-state index in [1.807, 2.05) is 0 Å². The predicted molar refractivity (Wildman–Crippen MR) is 237 cm³/mol. The molecule has 6 heterocycles. The summed E-state index contributed by atoms with van der Waals surface area (Å²) >= 11 is 0. The fraction of sp³-hybridized carbons (Fsp3) is 0.930. The van der Waals surface area contributed by atoms with Gasteiger partial charge < -0.3 is 155 Å². The van der Waals surface area contributed by atoms with Crippen LogP contribution < -0.4 is 10.6 Å². The van der Waals surface area contributed by atoms with E-state index in [1.165, 1.54) is 13.8 Å². The highest BCUT2D eigenvalue weighted by Gasteiger charge is 2.60. The van der Waals surface area contributed by atoms with Crippen LogP contribution in [-0.2, 0) is 66.5 Å². The maximum atomic E-state index is 13.2. The van der Waals surface area contributed by atoms with E-state index in [0.29, 0.717) is 0 Å². The average molecular weight is 1130 g/mol. The second-order valence-electron chi connectivity index (χ2n) is 19.7. The molecular weight excluding hydrogens is 1060 g/mol. The number of aliphatic hydroxyl groups excluding tert-OH is 17. The van der Waals surface area contributed by atoms with Gasteiger partial charge in [-0.15, -0.1) is 0 Å². The Balaban J connectivity index is 1.38. The van der Waals surface area contributed by atoms with Gasteiger partial charge in [-0.1, -0.05) is 0 Å². The Hall–Kier alpha value is -2.71.